The van der Waals surface area contributed by atoms with Crippen LogP contribution in [0.2, 0.25) is 0 Å². The number of nitrogens with zero attached hydrogens (tertiary/aromatic N) is 2. The molecule has 1 amide bonds. The van der Waals surface area contributed by atoms with Crippen LogP contribution in [0.3, 0.4) is 0 Å². The monoisotopic (exact) mass is 423 g/mol. The number of hydrogen-bond donors (Lipinski definition) is 2. The number of fused-ring (bicyclic) bond motifs is 1. The number of amides is 1. The van der Waals surface area contributed by atoms with Crippen LogP contribution in [0.5, 0.6) is 6.01 Å². The van der Waals surface area contributed by atoms with Gasteiger partial charge in [0.25, 0.3) is 0 Å². The second kappa shape index (κ2) is 10.4. The molecule has 1 aliphatic carbocycles. The van der Waals surface area contributed by atoms with Gasteiger partial charge in [0.1, 0.15) is 6.10 Å². The summed E-state index contributed by atoms with van der Waals surface area (Å²) in [6, 6.07) is 6.37. The number of halogens is 1. The highest BCUT2D eigenvalue weighted by atomic mass is 79.9. The Bertz CT molecular complexity index is 720. The third-order valence-electron chi connectivity index (χ3n) is 4.07. The van der Waals surface area contributed by atoms with Crippen molar-refractivity contribution in [3.05, 3.63) is 28.9 Å². The van der Waals surface area contributed by atoms with E-state index in [-0.39, 0.29) is 18.6 Å². The number of ether oxygens (including phenoxy) is 1. The maximum Gasteiger partial charge on any atom is 0.317 e. The number of aromatic nitrogens is 2. The largest absolute Gasteiger partial charge is 0.460 e. The average molecular weight is 424 g/mol. The van der Waals surface area contributed by atoms with Crippen molar-refractivity contribution in [2.45, 2.75) is 58.1 Å². The Morgan fingerprint density at radius 3 is 2.73 bits per heavy atom. The highest BCUT2D eigenvalue weighted by Gasteiger charge is 2.16. The summed E-state index contributed by atoms with van der Waals surface area (Å²) in [6.45, 7) is 3.16. The van der Waals surface area contributed by atoms with Gasteiger partial charge in [0.05, 0.1) is 12.1 Å². The third kappa shape index (κ3) is 6.88. The predicted molar refractivity (Wildman–Crippen MR) is 105 cm³/mol. The molecule has 1 aliphatic rings. The van der Waals surface area contributed by atoms with E-state index >= 15 is 0 Å². The summed E-state index contributed by atoms with van der Waals surface area (Å²) >= 11 is 3.44. The summed E-state index contributed by atoms with van der Waals surface area (Å²) < 4.78 is 6.90. The van der Waals surface area contributed by atoms with Crippen LogP contribution in [0.25, 0.3) is 10.9 Å². The Morgan fingerprint density at radius 1 is 1.38 bits per heavy atom. The molecule has 1 heterocycles. The molecule has 0 spiro atoms. The lowest BCUT2D eigenvalue weighted by Crippen LogP contribution is -2.32. The lowest BCUT2D eigenvalue weighted by Gasteiger charge is -2.21. The second-order valence-corrected chi connectivity index (χ2v) is 7.43. The standard InChI is InChI=1S/C14H15BrN2O.C5H11NO2/c15-11-6-7-13-10(8-11)9-16-14(17-13)18-12-4-2-1-3-5-12;1-4(3-7)6-5(2)8/h6-9,12H,1-5H2;4,7H,3H2,1-2H3,(H,6,8). The Labute approximate surface area is 162 Å². The number of rotatable bonds is 4. The van der Waals surface area contributed by atoms with Crippen molar-refractivity contribution < 1.29 is 14.6 Å². The van der Waals surface area contributed by atoms with Crippen LogP contribution in [-0.2, 0) is 4.79 Å². The van der Waals surface area contributed by atoms with E-state index in [9.17, 15) is 4.79 Å². The lowest BCUT2D eigenvalue weighted by atomic mass is 9.98. The number of carbonyl (C=O) groups excluding carboxylic acids is 1. The third-order valence-corrected chi connectivity index (χ3v) is 4.56. The van der Waals surface area contributed by atoms with Crippen molar-refractivity contribution in [2.75, 3.05) is 6.61 Å². The van der Waals surface area contributed by atoms with Crippen molar-refractivity contribution in [1.82, 2.24) is 15.3 Å². The zero-order valence-corrected chi connectivity index (χ0v) is 16.8. The molecule has 3 rings (SSSR count). The van der Waals surface area contributed by atoms with E-state index < -0.39 is 0 Å². The molecule has 1 aromatic carbocycles. The van der Waals surface area contributed by atoms with Gasteiger partial charge in [-0.15, -0.1) is 0 Å². The number of carbonyl (C=O) groups is 1. The number of aliphatic hydroxyl groups is 1. The Balaban J connectivity index is 0.000000260. The highest BCUT2D eigenvalue weighted by molar-refractivity contribution is 9.10. The zero-order chi connectivity index (χ0) is 18.9. The van der Waals surface area contributed by atoms with E-state index in [2.05, 4.69) is 31.2 Å². The minimum Gasteiger partial charge on any atom is -0.460 e. The van der Waals surface area contributed by atoms with Crippen LogP contribution < -0.4 is 10.1 Å². The molecule has 2 aromatic rings. The van der Waals surface area contributed by atoms with Crippen molar-refractivity contribution in [1.29, 1.82) is 0 Å². The van der Waals surface area contributed by atoms with E-state index in [1.54, 1.807) is 6.92 Å². The number of aliphatic hydroxyl groups excluding tert-OH is 1. The molecule has 1 saturated carbocycles. The molecule has 26 heavy (non-hydrogen) atoms. The molecular weight excluding hydrogens is 398 g/mol. The van der Waals surface area contributed by atoms with Crippen LogP contribution >= 0.6 is 15.9 Å². The van der Waals surface area contributed by atoms with Crippen LogP contribution in [0.1, 0.15) is 46.0 Å². The number of hydrogen-bond acceptors (Lipinski definition) is 5. The van der Waals surface area contributed by atoms with Gasteiger partial charge in [-0.05, 0) is 50.8 Å². The summed E-state index contributed by atoms with van der Waals surface area (Å²) in [6.07, 6.45) is 8.21. The number of benzene rings is 1. The fourth-order valence-corrected chi connectivity index (χ4v) is 3.15. The maximum atomic E-state index is 10.2. The molecule has 6 nitrogen and oxygen atoms in total. The minimum absolute atomic E-state index is 0.000417. The first kappa shape index (κ1) is 20.6. The summed E-state index contributed by atoms with van der Waals surface area (Å²) in [5.41, 5.74) is 0.930. The van der Waals surface area contributed by atoms with E-state index in [1.165, 1.54) is 26.2 Å². The lowest BCUT2D eigenvalue weighted by molar-refractivity contribution is -0.119. The summed E-state index contributed by atoms with van der Waals surface area (Å²) in [5, 5.41) is 11.9. The van der Waals surface area contributed by atoms with Gasteiger partial charge in [-0.2, -0.15) is 4.98 Å². The van der Waals surface area contributed by atoms with Crippen LogP contribution in [0.15, 0.2) is 28.9 Å². The normalized spacial score (nSPS) is 15.7. The number of nitrogens with one attached hydrogen (secondary N) is 1. The molecule has 0 radical (unpaired) electrons. The van der Waals surface area contributed by atoms with E-state index in [0.717, 1.165) is 28.2 Å². The van der Waals surface area contributed by atoms with Gasteiger partial charge in [-0.1, -0.05) is 22.4 Å². The first-order chi connectivity index (χ1) is 12.5. The molecule has 7 heteroatoms. The smallest absolute Gasteiger partial charge is 0.317 e. The average Bonchev–Trinajstić information content (AvgIpc) is 2.62. The maximum absolute atomic E-state index is 10.2. The molecule has 1 unspecified atom stereocenters. The molecule has 0 bridgehead atoms. The van der Waals surface area contributed by atoms with Crippen LogP contribution in [0, 0.1) is 0 Å². The fourth-order valence-electron chi connectivity index (χ4n) is 2.77. The van der Waals surface area contributed by atoms with Crippen molar-refractivity contribution in [3.63, 3.8) is 0 Å². The van der Waals surface area contributed by atoms with Crippen molar-refractivity contribution in [2.24, 2.45) is 0 Å². The topological polar surface area (TPSA) is 84.3 Å². The fraction of sp³-hybridized carbons (Fsp3) is 0.526. The van der Waals surface area contributed by atoms with Gasteiger partial charge < -0.3 is 15.2 Å². The molecule has 1 fully saturated rings. The molecule has 142 valence electrons. The summed E-state index contributed by atoms with van der Waals surface area (Å²) in [7, 11) is 0. The SMILES string of the molecule is Brc1ccc2nc(OC3CCCCC3)ncc2c1.CC(=O)NC(C)CO. The Morgan fingerprint density at radius 2 is 2.12 bits per heavy atom. The predicted octanol–water partition coefficient (Wildman–Crippen LogP) is 3.61. The Kier molecular flexibility index (Phi) is 8.25. The molecular formula is C19H26BrN3O3. The zero-order valence-electron chi connectivity index (χ0n) is 15.2. The minimum atomic E-state index is -0.118. The first-order valence-corrected chi connectivity index (χ1v) is 9.74. The van der Waals surface area contributed by atoms with Gasteiger partial charge in [0.15, 0.2) is 0 Å². The highest BCUT2D eigenvalue weighted by Crippen LogP contribution is 2.23. The Hall–Kier alpha value is -1.73. The van der Waals surface area contributed by atoms with E-state index in [0.29, 0.717) is 12.1 Å². The molecule has 0 aliphatic heterocycles. The second-order valence-electron chi connectivity index (χ2n) is 6.52. The van der Waals surface area contributed by atoms with Gasteiger partial charge in [0, 0.05) is 29.0 Å². The van der Waals surface area contributed by atoms with E-state index in [4.69, 9.17) is 9.84 Å². The molecule has 2 N–H and O–H groups in total. The van der Waals surface area contributed by atoms with Crippen LogP contribution in [0.4, 0.5) is 0 Å². The molecule has 1 atom stereocenters. The quantitative estimate of drug-likeness (QED) is 0.784. The molecule has 0 saturated heterocycles. The van der Waals surface area contributed by atoms with E-state index in [1.807, 2.05) is 24.4 Å². The van der Waals surface area contributed by atoms with Gasteiger partial charge >= 0.3 is 6.01 Å². The van der Waals surface area contributed by atoms with Crippen LogP contribution in [-0.4, -0.2) is 39.7 Å². The van der Waals surface area contributed by atoms with Gasteiger partial charge in [-0.3, -0.25) is 4.79 Å². The van der Waals surface area contributed by atoms with Gasteiger partial charge in [-0.25, -0.2) is 4.98 Å². The van der Waals surface area contributed by atoms with Crippen molar-refractivity contribution in [3.8, 4) is 6.01 Å². The van der Waals surface area contributed by atoms with Crippen molar-refractivity contribution >= 4 is 32.7 Å². The summed E-state index contributed by atoms with van der Waals surface area (Å²) in [4.78, 5) is 18.9. The summed E-state index contributed by atoms with van der Waals surface area (Å²) in [5.74, 6) is -0.105. The van der Waals surface area contributed by atoms with Gasteiger partial charge in [0.2, 0.25) is 5.91 Å². The first-order valence-electron chi connectivity index (χ1n) is 8.95. The molecule has 1 aromatic heterocycles.